The summed E-state index contributed by atoms with van der Waals surface area (Å²) in [5.41, 5.74) is 0.420. The van der Waals surface area contributed by atoms with Gasteiger partial charge in [0.15, 0.2) is 0 Å². The molecule has 0 bridgehead atoms. The predicted molar refractivity (Wildman–Crippen MR) is 101 cm³/mol. The van der Waals surface area contributed by atoms with Crippen LogP contribution in [0.15, 0.2) is 36.7 Å². The van der Waals surface area contributed by atoms with Gasteiger partial charge < -0.3 is 20.1 Å². The molecule has 0 radical (unpaired) electrons. The van der Waals surface area contributed by atoms with Crippen LogP contribution in [0.5, 0.6) is 11.5 Å². The number of ether oxygens (including phenoxy) is 2. The molecular formula is C19H26N4O3. The highest BCUT2D eigenvalue weighted by atomic mass is 16.5. The molecule has 1 aromatic heterocycles. The van der Waals surface area contributed by atoms with E-state index in [9.17, 15) is 4.79 Å². The molecule has 0 unspecified atom stereocenters. The molecule has 0 fully saturated rings. The molecule has 1 heterocycles. The van der Waals surface area contributed by atoms with E-state index in [4.69, 9.17) is 9.47 Å². The number of carbonyl (C=O) groups excluding carboxylic acids is 1. The minimum atomic E-state index is -0.225. The summed E-state index contributed by atoms with van der Waals surface area (Å²) in [5.74, 6) is 2.42. The molecule has 7 heteroatoms. The molecule has 0 saturated carbocycles. The molecule has 0 spiro atoms. The lowest BCUT2D eigenvalue weighted by Gasteiger charge is -2.09. The van der Waals surface area contributed by atoms with Crippen molar-refractivity contribution in [2.24, 2.45) is 5.92 Å². The van der Waals surface area contributed by atoms with Crippen molar-refractivity contribution in [2.45, 2.75) is 20.3 Å². The predicted octanol–water partition coefficient (Wildman–Crippen LogP) is 2.75. The van der Waals surface area contributed by atoms with Gasteiger partial charge in [0.2, 0.25) is 5.95 Å². The Kier molecular flexibility index (Phi) is 7.67. The maximum atomic E-state index is 12.1. The van der Waals surface area contributed by atoms with E-state index in [-0.39, 0.29) is 5.91 Å². The summed E-state index contributed by atoms with van der Waals surface area (Å²) in [6.07, 6.45) is 4.08. The zero-order chi connectivity index (χ0) is 18.8. The largest absolute Gasteiger partial charge is 0.497 e. The number of methoxy groups -OCH3 is 1. The zero-order valence-corrected chi connectivity index (χ0v) is 15.5. The third-order valence-corrected chi connectivity index (χ3v) is 3.63. The third-order valence-electron chi connectivity index (χ3n) is 3.63. The molecule has 0 aliphatic rings. The number of anilines is 1. The van der Waals surface area contributed by atoms with Crippen molar-refractivity contribution in [3.63, 3.8) is 0 Å². The van der Waals surface area contributed by atoms with Crippen LogP contribution >= 0.6 is 0 Å². The first-order valence-electron chi connectivity index (χ1n) is 8.69. The van der Waals surface area contributed by atoms with Gasteiger partial charge in [-0.2, -0.15) is 0 Å². The van der Waals surface area contributed by atoms with Crippen LogP contribution in [-0.4, -0.2) is 42.7 Å². The van der Waals surface area contributed by atoms with Crippen LogP contribution in [0.4, 0.5) is 5.95 Å². The summed E-state index contributed by atoms with van der Waals surface area (Å²) in [6.45, 7) is 5.89. The van der Waals surface area contributed by atoms with Gasteiger partial charge >= 0.3 is 0 Å². The first-order chi connectivity index (χ1) is 12.6. The van der Waals surface area contributed by atoms with Crippen LogP contribution in [-0.2, 0) is 0 Å². The van der Waals surface area contributed by atoms with Gasteiger partial charge in [-0.25, -0.2) is 9.97 Å². The van der Waals surface area contributed by atoms with E-state index in [0.717, 1.165) is 24.5 Å². The first-order valence-corrected chi connectivity index (χ1v) is 8.69. The molecule has 0 aliphatic carbocycles. The van der Waals surface area contributed by atoms with Gasteiger partial charge in [0.05, 0.1) is 19.2 Å². The monoisotopic (exact) mass is 358 g/mol. The molecule has 2 aromatic rings. The summed E-state index contributed by atoms with van der Waals surface area (Å²) in [5, 5.41) is 5.92. The molecular weight excluding hydrogens is 332 g/mol. The lowest BCUT2D eigenvalue weighted by molar-refractivity contribution is 0.0946. The van der Waals surface area contributed by atoms with E-state index in [0.29, 0.717) is 30.6 Å². The average Bonchev–Trinajstić information content (AvgIpc) is 2.66. The van der Waals surface area contributed by atoms with Gasteiger partial charge in [0, 0.05) is 18.9 Å². The van der Waals surface area contributed by atoms with Crippen LogP contribution in [0.3, 0.4) is 0 Å². The Morgan fingerprint density at radius 3 is 2.35 bits per heavy atom. The molecule has 26 heavy (non-hydrogen) atoms. The minimum absolute atomic E-state index is 0.225. The third kappa shape index (κ3) is 6.58. The molecule has 0 aliphatic heterocycles. The number of rotatable bonds is 10. The highest BCUT2D eigenvalue weighted by molar-refractivity contribution is 5.93. The molecule has 140 valence electrons. The van der Waals surface area contributed by atoms with Crippen molar-refractivity contribution in [3.05, 3.63) is 42.2 Å². The van der Waals surface area contributed by atoms with Gasteiger partial charge in [-0.15, -0.1) is 0 Å². The van der Waals surface area contributed by atoms with Crippen molar-refractivity contribution in [2.75, 3.05) is 32.1 Å². The second kappa shape index (κ2) is 10.2. The van der Waals surface area contributed by atoms with Crippen molar-refractivity contribution < 1.29 is 14.3 Å². The number of nitrogens with one attached hydrogen (secondary N) is 2. The molecule has 0 saturated heterocycles. The van der Waals surface area contributed by atoms with Crippen LogP contribution in [0.25, 0.3) is 0 Å². The van der Waals surface area contributed by atoms with E-state index in [2.05, 4.69) is 34.4 Å². The Labute approximate surface area is 154 Å². The van der Waals surface area contributed by atoms with E-state index in [1.165, 1.54) is 12.4 Å². The van der Waals surface area contributed by atoms with E-state index in [1.807, 2.05) is 24.3 Å². The second-order valence-corrected chi connectivity index (χ2v) is 6.18. The number of amides is 1. The van der Waals surface area contributed by atoms with Crippen molar-refractivity contribution in [1.82, 2.24) is 15.3 Å². The van der Waals surface area contributed by atoms with E-state index >= 15 is 0 Å². The van der Waals surface area contributed by atoms with Gasteiger partial charge in [-0.1, -0.05) is 13.8 Å². The number of hydrogen-bond acceptors (Lipinski definition) is 6. The maximum absolute atomic E-state index is 12.1. The topological polar surface area (TPSA) is 85.4 Å². The average molecular weight is 358 g/mol. The molecule has 1 amide bonds. The Morgan fingerprint density at radius 2 is 1.73 bits per heavy atom. The standard InChI is InChI=1S/C19H26N4O3/c1-14(2)8-9-21-19-22-12-15(13-23-19)18(24)20-10-11-26-17-6-4-16(25-3)5-7-17/h4-7,12-14H,8-11H2,1-3H3,(H,20,24)(H,21,22,23). The maximum Gasteiger partial charge on any atom is 0.254 e. The molecule has 2 rings (SSSR count). The number of hydrogen-bond donors (Lipinski definition) is 2. The van der Waals surface area contributed by atoms with E-state index in [1.54, 1.807) is 7.11 Å². The summed E-state index contributed by atoms with van der Waals surface area (Å²) in [6, 6.07) is 7.28. The number of benzene rings is 1. The molecule has 0 atom stereocenters. The highest BCUT2D eigenvalue weighted by Crippen LogP contribution is 2.16. The van der Waals surface area contributed by atoms with Crippen LogP contribution in [0.1, 0.15) is 30.6 Å². The van der Waals surface area contributed by atoms with Crippen LogP contribution in [0, 0.1) is 5.92 Å². The van der Waals surface area contributed by atoms with Crippen molar-refractivity contribution in [1.29, 1.82) is 0 Å². The molecule has 2 N–H and O–H groups in total. The van der Waals surface area contributed by atoms with Crippen molar-refractivity contribution in [3.8, 4) is 11.5 Å². The van der Waals surface area contributed by atoms with Gasteiger partial charge in [0.1, 0.15) is 18.1 Å². The first kappa shape index (κ1) is 19.5. The van der Waals surface area contributed by atoms with Gasteiger partial charge in [-0.3, -0.25) is 4.79 Å². The Morgan fingerprint density at radius 1 is 1.08 bits per heavy atom. The minimum Gasteiger partial charge on any atom is -0.497 e. The lowest BCUT2D eigenvalue weighted by atomic mass is 10.1. The second-order valence-electron chi connectivity index (χ2n) is 6.18. The highest BCUT2D eigenvalue weighted by Gasteiger charge is 2.07. The van der Waals surface area contributed by atoms with Gasteiger partial charge in [0.25, 0.3) is 5.91 Å². The SMILES string of the molecule is COc1ccc(OCCNC(=O)c2cnc(NCCC(C)C)nc2)cc1. The number of carbonyl (C=O) groups is 1. The van der Waals surface area contributed by atoms with Crippen molar-refractivity contribution >= 4 is 11.9 Å². The van der Waals surface area contributed by atoms with Crippen LogP contribution < -0.4 is 20.1 Å². The smallest absolute Gasteiger partial charge is 0.254 e. The fraction of sp³-hybridized carbons (Fsp3) is 0.421. The summed E-state index contributed by atoms with van der Waals surface area (Å²) < 4.78 is 10.6. The Bertz CT molecular complexity index is 672. The normalized spacial score (nSPS) is 10.5. The Balaban J connectivity index is 1.70. The van der Waals surface area contributed by atoms with E-state index < -0.39 is 0 Å². The van der Waals surface area contributed by atoms with Gasteiger partial charge in [-0.05, 0) is 36.6 Å². The molecule has 7 nitrogen and oxygen atoms in total. The fourth-order valence-corrected chi connectivity index (χ4v) is 2.12. The van der Waals surface area contributed by atoms with Crippen LogP contribution in [0.2, 0.25) is 0 Å². The summed E-state index contributed by atoms with van der Waals surface area (Å²) in [7, 11) is 1.61. The summed E-state index contributed by atoms with van der Waals surface area (Å²) >= 11 is 0. The Hall–Kier alpha value is -2.83. The zero-order valence-electron chi connectivity index (χ0n) is 15.5. The quantitative estimate of drug-likeness (QED) is 0.635. The molecule has 1 aromatic carbocycles. The summed E-state index contributed by atoms with van der Waals surface area (Å²) in [4.78, 5) is 20.4. The number of nitrogens with zero attached hydrogens (tertiary/aromatic N) is 2. The lowest BCUT2D eigenvalue weighted by Crippen LogP contribution is -2.28. The fourth-order valence-electron chi connectivity index (χ4n) is 2.12. The number of aromatic nitrogens is 2.